The van der Waals surface area contributed by atoms with Gasteiger partial charge in [0.15, 0.2) is 5.96 Å². The van der Waals surface area contributed by atoms with Gasteiger partial charge in [0, 0.05) is 32.7 Å². The van der Waals surface area contributed by atoms with E-state index < -0.39 is 0 Å². The maximum Gasteiger partial charge on any atom is 0.191 e. The summed E-state index contributed by atoms with van der Waals surface area (Å²) >= 11 is 0. The van der Waals surface area contributed by atoms with Crippen molar-refractivity contribution < 1.29 is 13.9 Å². The molecule has 2 aromatic rings. The minimum atomic E-state index is -0.230. The molecule has 31 heavy (non-hydrogen) atoms. The van der Waals surface area contributed by atoms with E-state index in [9.17, 15) is 4.39 Å². The number of guanidine groups is 1. The molecule has 0 radical (unpaired) electrons. The van der Waals surface area contributed by atoms with Crippen molar-refractivity contribution in [3.05, 3.63) is 65.5 Å². The second-order valence-electron chi connectivity index (χ2n) is 7.13. The lowest BCUT2D eigenvalue weighted by Crippen LogP contribution is -2.38. The highest BCUT2D eigenvalue weighted by molar-refractivity contribution is 14.0. The summed E-state index contributed by atoms with van der Waals surface area (Å²) in [5.41, 5.74) is 2.08. The molecule has 2 N–H and O–H groups in total. The van der Waals surface area contributed by atoms with E-state index in [0.29, 0.717) is 19.7 Å². The van der Waals surface area contributed by atoms with Crippen LogP contribution in [0.2, 0.25) is 0 Å². The average molecular weight is 542 g/mol. The van der Waals surface area contributed by atoms with E-state index in [4.69, 9.17) is 9.47 Å². The molecule has 0 aromatic heterocycles. The van der Waals surface area contributed by atoms with Gasteiger partial charge in [0.1, 0.15) is 18.2 Å². The molecule has 1 fully saturated rings. The number of hydrogen-bond acceptors (Lipinski definition) is 4. The largest absolute Gasteiger partial charge is 0.492 e. The zero-order valence-electron chi connectivity index (χ0n) is 18.0. The molecule has 0 saturated carbocycles. The van der Waals surface area contributed by atoms with Gasteiger partial charge in [-0.05, 0) is 42.3 Å². The highest BCUT2D eigenvalue weighted by Crippen LogP contribution is 2.14. The van der Waals surface area contributed by atoms with Crippen molar-refractivity contribution in [1.82, 2.24) is 15.5 Å². The molecule has 3 rings (SSSR count). The molecule has 0 atom stereocenters. The molecular weight excluding hydrogens is 510 g/mol. The number of ether oxygens (including phenoxy) is 2. The summed E-state index contributed by atoms with van der Waals surface area (Å²) in [5, 5.41) is 6.52. The fourth-order valence-corrected chi connectivity index (χ4v) is 3.15. The Morgan fingerprint density at radius 3 is 2.61 bits per heavy atom. The van der Waals surface area contributed by atoms with E-state index in [0.717, 1.165) is 62.2 Å². The van der Waals surface area contributed by atoms with Crippen LogP contribution in [0.25, 0.3) is 0 Å². The molecule has 2 aromatic carbocycles. The zero-order valence-corrected chi connectivity index (χ0v) is 20.3. The Morgan fingerprint density at radius 1 is 1.10 bits per heavy atom. The maximum atomic E-state index is 13.0. The summed E-state index contributed by atoms with van der Waals surface area (Å²) in [6.45, 7) is 9.02. The summed E-state index contributed by atoms with van der Waals surface area (Å²) in [7, 11) is 0. The lowest BCUT2D eigenvalue weighted by atomic mass is 10.2. The SMILES string of the molecule is CCNC(=NCc1cccc(OCCN2CCOCC2)c1)NCc1ccc(F)cc1.I. The van der Waals surface area contributed by atoms with Crippen molar-refractivity contribution in [2.45, 2.75) is 20.0 Å². The van der Waals surface area contributed by atoms with Crippen molar-refractivity contribution in [3.8, 4) is 5.75 Å². The number of benzene rings is 2. The first-order valence-corrected chi connectivity index (χ1v) is 10.5. The number of hydrogen-bond donors (Lipinski definition) is 2. The van der Waals surface area contributed by atoms with Gasteiger partial charge in [-0.2, -0.15) is 0 Å². The van der Waals surface area contributed by atoms with Gasteiger partial charge in [0.05, 0.1) is 19.8 Å². The predicted molar refractivity (Wildman–Crippen MR) is 133 cm³/mol. The number of nitrogens with one attached hydrogen (secondary N) is 2. The molecule has 0 bridgehead atoms. The van der Waals surface area contributed by atoms with Crippen LogP contribution in [-0.4, -0.2) is 56.9 Å². The van der Waals surface area contributed by atoms with Crippen LogP contribution in [0.1, 0.15) is 18.1 Å². The molecule has 8 heteroatoms. The number of aliphatic imine (C=N–C) groups is 1. The highest BCUT2D eigenvalue weighted by atomic mass is 127. The van der Waals surface area contributed by atoms with E-state index in [-0.39, 0.29) is 29.8 Å². The molecule has 0 aliphatic carbocycles. The molecule has 1 aliphatic heterocycles. The molecule has 0 unspecified atom stereocenters. The quantitative estimate of drug-likeness (QED) is 0.289. The summed E-state index contributed by atoms with van der Waals surface area (Å²) < 4.78 is 24.3. The summed E-state index contributed by atoms with van der Waals surface area (Å²) in [6.07, 6.45) is 0. The molecule has 0 amide bonds. The topological polar surface area (TPSA) is 58.1 Å². The highest BCUT2D eigenvalue weighted by Gasteiger charge is 2.09. The van der Waals surface area contributed by atoms with E-state index >= 15 is 0 Å². The van der Waals surface area contributed by atoms with Gasteiger partial charge in [-0.25, -0.2) is 9.38 Å². The van der Waals surface area contributed by atoms with Crippen LogP contribution in [-0.2, 0) is 17.8 Å². The van der Waals surface area contributed by atoms with Crippen molar-refractivity contribution in [2.24, 2.45) is 4.99 Å². The molecule has 1 aliphatic rings. The van der Waals surface area contributed by atoms with E-state index in [1.807, 2.05) is 31.2 Å². The third-order valence-corrected chi connectivity index (χ3v) is 4.82. The van der Waals surface area contributed by atoms with Gasteiger partial charge in [-0.15, -0.1) is 24.0 Å². The Kier molecular flexibility index (Phi) is 11.6. The third-order valence-electron chi connectivity index (χ3n) is 4.82. The van der Waals surface area contributed by atoms with Crippen LogP contribution in [0.4, 0.5) is 4.39 Å². The second kappa shape index (κ2) is 14.2. The Morgan fingerprint density at radius 2 is 1.87 bits per heavy atom. The fourth-order valence-electron chi connectivity index (χ4n) is 3.15. The average Bonchev–Trinajstić information content (AvgIpc) is 2.78. The van der Waals surface area contributed by atoms with Crippen LogP contribution < -0.4 is 15.4 Å². The van der Waals surface area contributed by atoms with Gasteiger partial charge in [0.2, 0.25) is 0 Å². The fraction of sp³-hybridized carbons (Fsp3) is 0.435. The standard InChI is InChI=1S/C23H31FN4O2.HI/c1-2-25-23(26-17-19-6-8-21(24)9-7-19)27-18-20-4-3-5-22(16-20)30-15-12-28-10-13-29-14-11-28;/h3-9,16H,2,10-15,17-18H2,1H3,(H2,25,26,27);1H. The number of halogens is 2. The van der Waals surface area contributed by atoms with Gasteiger partial charge in [-0.3, -0.25) is 4.90 Å². The normalized spacial score (nSPS) is 14.6. The van der Waals surface area contributed by atoms with Gasteiger partial charge in [-0.1, -0.05) is 24.3 Å². The summed E-state index contributed by atoms with van der Waals surface area (Å²) in [5.74, 6) is 1.35. The van der Waals surface area contributed by atoms with Crippen molar-refractivity contribution in [1.29, 1.82) is 0 Å². The molecule has 1 saturated heterocycles. The second-order valence-corrected chi connectivity index (χ2v) is 7.13. The van der Waals surface area contributed by atoms with Crippen molar-refractivity contribution in [3.63, 3.8) is 0 Å². The first-order valence-electron chi connectivity index (χ1n) is 10.5. The van der Waals surface area contributed by atoms with E-state index in [1.165, 1.54) is 12.1 Å². The Bertz CT molecular complexity index is 798. The Labute approximate surface area is 201 Å². The van der Waals surface area contributed by atoms with Gasteiger partial charge < -0.3 is 20.1 Å². The third kappa shape index (κ3) is 9.40. The van der Waals surface area contributed by atoms with Gasteiger partial charge in [0.25, 0.3) is 0 Å². The Balaban J connectivity index is 0.00000341. The van der Waals surface area contributed by atoms with Crippen LogP contribution >= 0.6 is 24.0 Å². The summed E-state index contributed by atoms with van der Waals surface area (Å²) in [4.78, 5) is 7.01. The summed E-state index contributed by atoms with van der Waals surface area (Å²) in [6, 6.07) is 14.5. The molecule has 1 heterocycles. The number of rotatable bonds is 9. The first kappa shape index (κ1) is 25.4. The van der Waals surface area contributed by atoms with E-state index in [1.54, 1.807) is 12.1 Å². The molecule has 170 valence electrons. The predicted octanol–water partition coefficient (Wildman–Crippen LogP) is 3.41. The van der Waals surface area contributed by atoms with Crippen LogP contribution in [0.15, 0.2) is 53.5 Å². The number of morpholine rings is 1. The van der Waals surface area contributed by atoms with Crippen molar-refractivity contribution >= 4 is 29.9 Å². The maximum absolute atomic E-state index is 13.0. The van der Waals surface area contributed by atoms with Crippen LogP contribution in [0.3, 0.4) is 0 Å². The van der Waals surface area contributed by atoms with Crippen LogP contribution in [0, 0.1) is 5.82 Å². The smallest absolute Gasteiger partial charge is 0.191 e. The minimum Gasteiger partial charge on any atom is -0.492 e. The molecular formula is C23H32FIN4O2. The first-order chi connectivity index (χ1) is 14.7. The molecule has 0 spiro atoms. The van der Waals surface area contributed by atoms with Crippen LogP contribution in [0.5, 0.6) is 5.75 Å². The lowest BCUT2D eigenvalue weighted by Gasteiger charge is -2.26. The lowest BCUT2D eigenvalue weighted by molar-refractivity contribution is 0.0322. The number of nitrogens with zero attached hydrogens (tertiary/aromatic N) is 2. The molecule has 6 nitrogen and oxygen atoms in total. The minimum absolute atomic E-state index is 0. The van der Waals surface area contributed by atoms with Gasteiger partial charge >= 0.3 is 0 Å². The van der Waals surface area contributed by atoms with Crippen molar-refractivity contribution in [2.75, 3.05) is 46.0 Å². The zero-order chi connectivity index (χ0) is 21.0. The monoisotopic (exact) mass is 542 g/mol. The Hall–Kier alpha value is -1.91. The van der Waals surface area contributed by atoms with E-state index in [2.05, 4.69) is 20.5 Å².